The molecule has 0 fully saturated rings. The van der Waals surface area contributed by atoms with E-state index in [4.69, 9.17) is 135 Å². The molecule has 35 heteroatoms. The summed E-state index contributed by atoms with van der Waals surface area (Å²) in [6.07, 6.45) is 12.5. The molecule has 5 atom stereocenters. The molecule has 10 aromatic carbocycles. The van der Waals surface area contributed by atoms with Crippen LogP contribution in [0.3, 0.4) is 0 Å². The van der Waals surface area contributed by atoms with Gasteiger partial charge >= 0.3 is 31.3 Å². The predicted octanol–water partition coefficient (Wildman–Crippen LogP) is 25.3. The van der Waals surface area contributed by atoms with Crippen LogP contribution in [0.15, 0.2) is 242 Å². The lowest BCUT2D eigenvalue weighted by Gasteiger charge is -2.27. The second kappa shape index (κ2) is 54.0. The molecule has 0 saturated carbocycles. The first-order chi connectivity index (χ1) is 61.1. The van der Waals surface area contributed by atoms with Crippen molar-refractivity contribution in [3.8, 4) is 23.0 Å². The summed E-state index contributed by atoms with van der Waals surface area (Å²) in [6, 6.07) is 69.9. The number of hydrogen-bond donors (Lipinski definition) is 13. The first kappa shape index (κ1) is 114. The van der Waals surface area contributed by atoms with Gasteiger partial charge in [-0.05, 0) is 319 Å². The van der Waals surface area contributed by atoms with E-state index in [1.54, 1.807) is 75.1 Å². The van der Waals surface area contributed by atoms with Crippen molar-refractivity contribution in [2.45, 2.75) is 236 Å². The van der Waals surface area contributed by atoms with E-state index in [0.717, 1.165) is 116 Å². The standard InChI is InChI=1S/C22H30ClNS.C19H25ClNO5P.C19H25ClNO4PS.C18H23ClNO5P.C18H23ClNO4PS/c1-4-13-22(24,5-2)14-7-9-18-11-12-20(16-21(18)23)25-19-10-6-8-17(3)15-19;1-14-5-3-7-16(11-14)26-17-9-8-15(18(20)12-17)6-4-10-19(2,21)13-25-27(22,23)24;1-14-5-3-7-16(11-14)27-17-9-8-15(18(20)12-17)6-4-10-19(2,21)13-25-26(22,23)24;1-13-4-3-5-15(10-13)25-16-7-6-14(17(19)11-16)8-9-18(2,20)12-24-26(21,22)23;1-13-4-3-5-15(10-13)26-16-7-6-14(17(19)11-16)8-9-18(2,20)12-24-25(21,22)23/h6,8,10-12,15-16H,4-5,7,9,13-14,24H2,1-3H3;2*3,5,7-9,11-12H,4,6,10,13,21H2,1-2H3,(H2,22,23,24);2*3-7,10-11H,8-9,12,20H2,1-2H3,(H2,21,22,23)/t22-;2*19-;2*18-/m11111/s1. The van der Waals surface area contributed by atoms with Crippen LogP contribution in [0.5, 0.6) is 23.0 Å². The van der Waals surface area contributed by atoms with E-state index in [1.807, 2.05) is 135 Å². The maximum atomic E-state index is 10.8. The predicted molar refractivity (Wildman–Crippen MR) is 536 cm³/mol. The first-order valence-corrected chi connectivity index (χ1v) is 53.0. The monoisotopic (exact) mass is 2030 g/mol. The summed E-state index contributed by atoms with van der Waals surface area (Å²) in [5.74, 6) is 2.78. The fourth-order valence-corrected chi connectivity index (χ4v) is 19.4. The largest absolute Gasteiger partial charge is 0.469 e. The number of ether oxygens (including phenoxy) is 2. The van der Waals surface area contributed by atoms with Gasteiger partial charge in [-0.3, -0.25) is 18.1 Å². The van der Waals surface area contributed by atoms with E-state index < -0.39 is 53.4 Å². The van der Waals surface area contributed by atoms with Crippen molar-refractivity contribution < 1.29 is 85.0 Å². The highest BCUT2D eigenvalue weighted by Gasteiger charge is 2.30. The smallest absolute Gasteiger partial charge is 0.457 e. The quantitative estimate of drug-likeness (QED) is 0.0158. The Morgan fingerprint density at radius 2 is 0.542 bits per heavy atom. The Bertz CT molecular complexity index is 5220. The minimum Gasteiger partial charge on any atom is -0.457 e. The van der Waals surface area contributed by atoms with Gasteiger partial charge in [-0.1, -0.05) is 221 Å². The maximum Gasteiger partial charge on any atom is 0.469 e. The van der Waals surface area contributed by atoms with E-state index in [1.165, 1.54) is 36.9 Å². The zero-order chi connectivity index (χ0) is 97.2. The van der Waals surface area contributed by atoms with Crippen molar-refractivity contribution in [3.63, 3.8) is 0 Å². The van der Waals surface area contributed by atoms with Crippen LogP contribution in [0.2, 0.25) is 25.1 Å². The van der Waals surface area contributed by atoms with Gasteiger partial charge in [0, 0.05) is 82.2 Å². The minimum absolute atomic E-state index is 0.0117. The van der Waals surface area contributed by atoms with Gasteiger partial charge in [0.05, 0.1) is 26.4 Å². The van der Waals surface area contributed by atoms with Crippen molar-refractivity contribution in [3.05, 3.63) is 293 Å². The number of nitrogens with two attached hydrogens (primary N) is 5. The molecular formula is C96H126Cl5N5O18P4S3. The van der Waals surface area contributed by atoms with Crippen LogP contribution >= 0.6 is 125 Å². The number of halogens is 5. The third kappa shape index (κ3) is 47.9. The van der Waals surface area contributed by atoms with Crippen molar-refractivity contribution in [2.24, 2.45) is 28.7 Å². The Morgan fingerprint density at radius 1 is 0.298 bits per heavy atom. The summed E-state index contributed by atoms with van der Waals surface area (Å²) < 4.78 is 72.8. The van der Waals surface area contributed by atoms with Gasteiger partial charge in [-0.25, -0.2) is 18.3 Å². The summed E-state index contributed by atoms with van der Waals surface area (Å²) >= 11 is 37.1. The number of benzene rings is 10. The van der Waals surface area contributed by atoms with Crippen LogP contribution in [-0.2, 0) is 68.5 Å². The number of rotatable bonds is 43. The van der Waals surface area contributed by atoms with E-state index >= 15 is 0 Å². The molecule has 0 spiro atoms. The normalized spacial score (nSPS) is 14.0. The van der Waals surface area contributed by atoms with Crippen LogP contribution in [0.4, 0.5) is 0 Å². The Labute approximate surface area is 810 Å². The fraction of sp³-hybridized carbons (Fsp3) is 0.375. The van der Waals surface area contributed by atoms with Crippen LogP contribution in [-0.4, -0.2) is 93.3 Å². The molecular weight excluding hydrogens is 1910 g/mol. The van der Waals surface area contributed by atoms with Crippen LogP contribution in [0.1, 0.15) is 168 Å². The molecule has 0 unspecified atom stereocenters. The molecule has 10 aromatic rings. The van der Waals surface area contributed by atoms with Crippen molar-refractivity contribution in [1.82, 2.24) is 0 Å². The average Bonchev–Trinajstić information content (AvgIpc) is 0.819. The van der Waals surface area contributed by atoms with Crippen LogP contribution in [0.25, 0.3) is 0 Å². The third-order valence-corrected chi connectivity index (χ3v) is 26.9. The number of phosphoric ester groups is 4. The zero-order valence-electron chi connectivity index (χ0n) is 75.8. The highest BCUT2D eigenvalue weighted by atomic mass is 35.5. The molecule has 10 rings (SSSR count). The molecule has 0 aliphatic heterocycles. The Balaban J connectivity index is 0.000000252. The van der Waals surface area contributed by atoms with Gasteiger partial charge < -0.3 is 77.3 Å². The third-order valence-electron chi connectivity index (χ3n) is 20.4. The lowest BCUT2D eigenvalue weighted by molar-refractivity contribution is 0.152. The van der Waals surface area contributed by atoms with Crippen LogP contribution < -0.4 is 38.1 Å². The molecule has 0 aliphatic rings. The molecule has 0 amide bonds. The maximum absolute atomic E-state index is 10.8. The zero-order valence-corrected chi connectivity index (χ0v) is 85.6. The molecule has 716 valence electrons. The lowest BCUT2D eigenvalue weighted by atomic mass is 9.86. The molecule has 0 bridgehead atoms. The molecule has 0 aliphatic carbocycles. The second-order valence-corrected chi connectivity index (χ2v) is 44.5. The van der Waals surface area contributed by atoms with Crippen molar-refractivity contribution in [2.75, 3.05) is 26.4 Å². The van der Waals surface area contributed by atoms with E-state index in [9.17, 15) is 18.3 Å². The van der Waals surface area contributed by atoms with Crippen molar-refractivity contribution in [1.29, 1.82) is 0 Å². The van der Waals surface area contributed by atoms with E-state index in [0.29, 0.717) is 83.0 Å². The molecule has 23 nitrogen and oxygen atoms in total. The van der Waals surface area contributed by atoms with Gasteiger partial charge in [-0.2, -0.15) is 0 Å². The van der Waals surface area contributed by atoms with Gasteiger partial charge in [0.1, 0.15) is 23.0 Å². The fourth-order valence-electron chi connectivity index (χ4n) is 13.1. The average molecular weight is 2040 g/mol. The first-order valence-electron chi connectivity index (χ1n) is 42.5. The number of phosphoric acid groups is 4. The summed E-state index contributed by atoms with van der Waals surface area (Å²) in [5.41, 5.74) is 38.2. The summed E-state index contributed by atoms with van der Waals surface area (Å²) in [6.45, 7) is 20.5. The second-order valence-electron chi connectivity index (χ2n) is 34.1. The Hall–Kier alpha value is -5.46. The van der Waals surface area contributed by atoms with Crippen molar-refractivity contribution >= 4 is 125 Å². The molecule has 0 radical (unpaired) electrons. The Kier molecular flexibility index (Phi) is 47.1. The SMILES string of the molecule is CCC[C@](N)(CC)CCCc1ccc(Sc2cccc(C)c2)cc1Cl.Cc1cccc(Oc2ccc(CCC[C@@](C)(N)COP(=O)(O)O)c(Cl)c2)c1.Cc1cccc(Oc2ccc(CC[C@@](C)(N)COP(=O)(O)O)c(Cl)c2)c1.Cc1cccc(Sc2ccc(CCC[C@@](C)(N)COP(=O)(O)O)c(Cl)c2)c1.Cc1cccc(Sc2ccc(CC[C@@](C)(N)COP(=O)(O)O)c(Cl)c2)c1. The molecule has 131 heavy (non-hydrogen) atoms. The topological polar surface area (TPSA) is 416 Å². The van der Waals surface area contributed by atoms with Gasteiger partial charge in [0.2, 0.25) is 0 Å². The molecule has 0 heterocycles. The molecule has 0 aromatic heterocycles. The highest BCUT2D eigenvalue weighted by Crippen LogP contribution is 2.43. The van der Waals surface area contributed by atoms with Crippen LogP contribution in [0, 0.1) is 34.6 Å². The van der Waals surface area contributed by atoms with E-state index in [2.05, 4.69) is 132 Å². The number of aryl methyl sites for hydroxylation is 10. The van der Waals surface area contributed by atoms with Gasteiger partial charge in [0.25, 0.3) is 0 Å². The summed E-state index contributed by atoms with van der Waals surface area (Å²) in [5, 5.41) is 3.37. The van der Waals surface area contributed by atoms with E-state index in [-0.39, 0.29) is 32.0 Å². The number of hydrogen-bond acceptors (Lipinski definition) is 18. The highest BCUT2D eigenvalue weighted by molar-refractivity contribution is 8.00. The molecule has 18 N–H and O–H groups in total. The van der Waals surface area contributed by atoms with Gasteiger partial charge in [0.15, 0.2) is 0 Å². The van der Waals surface area contributed by atoms with Gasteiger partial charge in [-0.15, -0.1) is 0 Å². The summed E-state index contributed by atoms with van der Waals surface area (Å²) in [7, 11) is -18.1. The molecule has 0 saturated heterocycles. The minimum atomic E-state index is -4.53. The lowest BCUT2D eigenvalue weighted by Crippen LogP contribution is -2.41. The summed E-state index contributed by atoms with van der Waals surface area (Å²) in [4.78, 5) is 77.1. The Morgan fingerprint density at radius 3 is 0.802 bits per heavy atom.